The van der Waals surface area contributed by atoms with Crippen LogP contribution in [0.25, 0.3) is 0 Å². The summed E-state index contributed by atoms with van der Waals surface area (Å²) in [5.41, 5.74) is 0. The highest BCUT2D eigenvalue weighted by molar-refractivity contribution is 6.99. The third-order valence-electron chi connectivity index (χ3n) is 9.13. The van der Waals surface area contributed by atoms with Gasteiger partial charge in [0.2, 0.25) is 8.32 Å². The van der Waals surface area contributed by atoms with Gasteiger partial charge in [-0.3, -0.25) is 0 Å². The van der Waals surface area contributed by atoms with Crippen LogP contribution in [0.5, 0.6) is 0 Å². The molecule has 2 aromatic carbocycles. The van der Waals surface area contributed by atoms with Gasteiger partial charge in [-0.1, -0.05) is 102 Å². The molecule has 0 N–H and O–H groups in total. The van der Waals surface area contributed by atoms with Gasteiger partial charge in [-0.2, -0.15) is 0 Å². The quantitative estimate of drug-likeness (QED) is 0.205. The first-order valence-electron chi connectivity index (χ1n) is 15.7. The Morgan fingerprint density at radius 1 is 0.833 bits per heavy atom. The highest BCUT2D eigenvalue weighted by atomic mass is 28.4. The highest BCUT2D eigenvalue weighted by Crippen LogP contribution is 2.41. The van der Waals surface area contributed by atoms with Gasteiger partial charge in [0.25, 0.3) is 8.32 Å². The van der Waals surface area contributed by atoms with E-state index in [1.165, 1.54) is 10.4 Å². The summed E-state index contributed by atoms with van der Waals surface area (Å²) in [5.74, 6) is 0.457. The van der Waals surface area contributed by atoms with Crippen LogP contribution in [0.15, 0.2) is 72.5 Å². The second-order valence-electron chi connectivity index (χ2n) is 14.9. The minimum atomic E-state index is -2.56. The van der Waals surface area contributed by atoms with E-state index in [4.69, 9.17) is 23.1 Å². The largest absolute Gasteiger partial charge is 0.547 e. The van der Waals surface area contributed by atoms with Crippen LogP contribution >= 0.6 is 0 Å². The Bertz CT molecular complexity index is 1140. The van der Waals surface area contributed by atoms with Crippen molar-refractivity contribution in [1.82, 2.24) is 0 Å². The molecule has 0 bridgehead atoms. The number of benzene rings is 2. The van der Waals surface area contributed by atoms with Crippen molar-refractivity contribution in [1.29, 1.82) is 0 Å². The van der Waals surface area contributed by atoms with Gasteiger partial charge in [0.15, 0.2) is 5.79 Å². The fourth-order valence-corrected chi connectivity index (χ4v) is 11.6. The second kappa shape index (κ2) is 12.7. The van der Waals surface area contributed by atoms with Crippen molar-refractivity contribution in [3.8, 4) is 0 Å². The van der Waals surface area contributed by atoms with E-state index in [-0.39, 0.29) is 28.4 Å². The third kappa shape index (κ3) is 7.48. The maximum absolute atomic E-state index is 7.16. The van der Waals surface area contributed by atoms with Crippen LogP contribution < -0.4 is 10.4 Å². The molecule has 0 aliphatic carbocycles. The predicted molar refractivity (Wildman–Crippen MR) is 177 cm³/mol. The van der Waals surface area contributed by atoms with Gasteiger partial charge in [0, 0.05) is 13.0 Å². The average Bonchev–Trinajstić information content (AvgIpc) is 3.27. The maximum Gasteiger partial charge on any atom is 0.261 e. The van der Waals surface area contributed by atoms with Gasteiger partial charge in [-0.05, 0) is 66.3 Å². The minimum absolute atomic E-state index is 0.0428. The summed E-state index contributed by atoms with van der Waals surface area (Å²) in [6, 6.07) is 21.7. The Morgan fingerprint density at radius 2 is 1.40 bits per heavy atom. The van der Waals surface area contributed by atoms with Gasteiger partial charge < -0.3 is 23.1 Å². The van der Waals surface area contributed by atoms with Gasteiger partial charge in [-0.25, -0.2) is 0 Å². The lowest BCUT2D eigenvalue weighted by Crippen LogP contribution is -2.66. The molecule has 5 nitrogen and oxygen atoms in total. The van der Waals surface area contributed by atoms with Gasteiger partial charge >= 0.3 is 0 Å². The van der Waals surface area contributed by atoms with Crippen LogP contribution in [0.3, 0.4) is 0 Å². The fourth-order valence-electron chi connectivity index (χ4n) is 5.88. The number of ether oxygens (including phenoxy) is 3. The number of rotatable bonds is 10. The smallest absolute Gasteiger partial charge is 0.261 e. The van der Waals surface area contributed by atoms with Crippen molar-refractivity contribution >= 4 is 27.0 Å². The van der Waals surface area contributed by atoms with Crippen LogP contribution in [0.4, 0.5) is 0 Å². The molecule has 2 aliphatic rings. The predicted octanol–water partition coefficient (Wildman–Crippen LogP) is 7.56. The first-order chi connectivity index (χ1) is 19.5. The van der Waals surface area contributed by atoms with E-state index >= 15 is 0 Å². The maximum atomic E-state index is 7.16. The molecule has 0 radical (unpaired) electrons. The summed E-state index contributed by atoms with van der Waals surface area (Å²) in [6.07, 6.45) is 4.42. The van der Waals surface area contributed by atoms with E-state index in [0.717, 1.165) is 18.6 Å². The SMILES string of the molecule is CC1(C)OC[C@H]([C@@H]2CC(O[Si](C)(C)C(C)(C)C)=C[C@@H](CCCO[Si](c3ccccc3)(c3ccccc3)C(C)(C)C)O2)O1. The second-order valence-corrected chi connectivity index (χ2v) is 24.0. The Balaban J connectivity index is 1.53. The molecule has 232 valence electrons. The van der Waals surface area contributed by atoms with Crippen molar-refractivity contribution in [2.75, 3.05) is 13.2 Å². The van der Waals surface area contributed by atoms with Crippen molar-refractivity contribution in [3.05, 3.63) is 72.5 Å². The van der Waals surface area contributed by atoms with Crippen LogP contribution in [-0.2, 0) is 23.1 Å². The van der Waals surface area contributed by atoms with Crippen molar-refractivity contribution < 1.29 is 23.1 Å². The van der Waals surface area contributed by atoms with E-state index in [2.05, 4.69) is 121 Å². The average molecular weight is 611 g/mol. The Kier molecular flexibility index (Phi) is 10.0. The molecule has 1 fully saturated rings. The minimum Gasteiger partial charge on any atom is -0.547 e. The van der Waals surface area contributed by atoms with Gasteiger partial charge in [-0.15, -0.1) is 0 Å². The zero-order valence-electron chi connectivity index (χ0n) is 27.7. The lowest BCUT2D eigenvalue weighted by molar-refractivity contribution is -0.163. The normalized spacial score (nSPS) is 23.5. The molecule has 2 aliphatic heterocycles. The molecule has 1 saturated heterocycles. The molecule has 42 heavy (non-hydrogen) atoms. The van der Waals surface area contributed by atoms with E-state index in [9.17, 15) is 0 Å². The summed E-state index contributed by atoms with van der Waals surface area (Å²) < 4.78 is 32.8. The van der Waals surface area contributed by atoms with Gasteiger partial charge in [0.05, 0.1) is 24.6 Å². The third-order valence-corrected chi connectivity index (χ3v) is 18.6. The molecule has 2 aromatic rings. The molecule has 0 aromatic heterocycles. The summed E-state index contributed by atoms with van der Waals surface area (Å²) in [7, 11) is -4.56. The molecule has 0 amide bonds. The Morgan fingerprint density at radius 3 is 1.88 bits per heavy atom. The molecular weight excluding hydrogens is 557 g/mol. The monoisotopic (exact) mass is 610 g/mol. The zero-order chi connectivity index (χ0) is 30.8. The molecule has 0 unspecified atom stereocenters. The summed E-state index contributed by atoms with van der Waals surface area (Å²) in [6.45, 7) is 23.6. The van der Waals surface area contributed by atoms with Crippen molar-refractivity contribution in [2.24, 2.45) is 0 Å². The molecular formula is C35H54O5Si2. The van der Waals surface area contributed by atoms with Crippen LogP contribution in [0.1, 0.15) is 74.7 Å². The van der Waals surface area contributed by atoms with Crippen LogP contribution in [-0.4, -0.2) is 53.9 Å². The van der Waals surface area contributed by atoms with E-state index in [1.54, 1.807) is 0 Å². The first kappa shape index (κ1) is 33.2. The lowest BCUT2D eigenvalue weighted by Gasteiger charge is -2.43. The summed E-state index contributed by atoms with van der Waals surface area (Å²) in [4.78, 5) is 0. The standard InChI is InChI=1S/C35H54O5Si2/c1-33(2,3)41(9,10)40-28-24-27(38-31(25-28)32-26-36-35(7,8)39-32)18-17-23-37-42(34(4,5)6,29-19-13-11-14-20-29)30-21-15-12-16-22-30/h11-16,19-22,24,27,31-32H,17-18,23,25-26H2,1-10H3/t27-,31+,32-/m1/s1. The van der Waals surface area contributed by atoms with Crippen molar-refractivity contribution in [3.63, 3.8) is 0 Å². The fraction of sp³-hybridized carbons (Fsp3) is 0.600. The molecule has 0 spiro atoms. The zero-order valence-corrected chi connectivity index (χ0v) is 29.7. The van der Waals surface area contributed by atoms with Gasteiger partial charge in [0.1, 0.15) is 6.10 Å². The number of hydrogen-bond donors (Lipinski definition) is 0. The van der Waals surface area contributed by atoms with E-state index in [1.807, 2.05) is 13.8 Å². The molecule has 4 rings (SSSR count). The Labute approximate surface area is 257 Å². The van der Waals surface area contributed by atoms with E-state index < -0.39 is 22.4 Å². The van der Waals surface area contributed by atoms with E-state index in [0.29, 0.717) is 19.6 Å². The number of hydrogen-bond acceptors (Lipinski definition) is 5. The topological polar surface area (TPSA) is 46.2 Å². The van der Waals surface area contributed by atoms with Crippen molar-refractivity contribution in [2.45, 2.75) is 122 Å². The van der Waals surface area contributed by atoms with Crippen LogP contribution in [0, 0.1) is 0 Å². The van der Waals surface area contributed by atoms with Crippen LogP contribution in [0.2, 0.25) is 23.2 Å². The molecule has 2 heterocycles. The first-order valence-corrected chi connectivity index (χ1v) is 20.5. The molecule has 3 atom stereocenters. The lowest BCUT2D eigenvalue weighted by atomic mass is 10.0. The molecule has 7 heteroatoms. The molecule has 0 saturated carbocycles. The highest BCUT2D eigenvalue weighted by Gasteiger charge is 2.50. The Hall–Kier alpha value is -1.75. The summed E-state index contributed by atoms with van der Waals surface area (Å²) in [5, 5.41) is 2.70. The summed E-state index contributed by atoms with van der Waals surface area (Å²) >= 11 is 0.